The molecule has 1 amide bonds. The van der Waals surface area contributed by atoms with Gasteiger partial charge in [-0.25, -0.2) is 0 Å². The third kappa shape index (κ3) is 4.61. The van der Waals surface area contributed by atoms with Crippen LogP contribution in [0, 0.1) is 0 Å². The van der Waals surface area contributed by atoms with Crippen molar-refractivity contribution in [2.45, 2.75) is 56.7 Å². The number of carbonyl (C=O) groups excluding carboxylic acids is 1. The van der Waals surface area contributed by atoms with Gasteiger partial charge in [0.1, 0.15) is 6.54 Å². The number of anilines is 1. The molecule has 0 radical (unpaired) electrons. The van der Waals surface area contributed by atoms with Crippen LogP contribution >= 0.6 is 11.6 Å². The normalized spacial score (nSPS) is 20.5. The van der Waals surface area contributed by atoms with Gasteiger partial charge in [0, 0.05) is 16.7 Å². The molecule has 2 N–H and O–H groups in total. The lowest BCUT2D eigenvalue weighted by atomic mass is 9.74. The second kappa shape index (κ2) is 10.0. The number of hydrogen-bond acceptors (Lipinski definition) is 6. The summed E-state index contributed by atoms with van der Waals surface area (Å²) in [6.07, 6.45) is 0.292. The summed E-state index contributed by atoms with van der Waals surface area (Å²) in [4.78, 5) is 32.0. The summed E-state index contributed by atoms with van der Waals surface area (Å²) in [6, 6.07) is 2.78. The SMILES string of the molecule is C[C@@H]1CC2(CCNCC2)c2c1n(CC(=O)Nc1ccc(C(F)(F)F)cc1Cl)c1nc(C3=CCOCC3)nn1c2=O. The monoisotopic (exact) mass is 576 g/mol. The van der Waals surface area contributed by atoms with Gasteiger partial charge < -0.3 is 19.9 Å². The maximum atomic E-state index is 14.0. The molecular formula is C27H28ClF3N6O3. The van der Waals surface area contributed by atoms with Gasteiger partial charge >= 0.3 is 6.18 Å². The molecule has 2 aliphatic heterocycles. The van der Waals surface area contributed by atoms with E-state index in [1.54, 1.807) is 4.57 Å². The van der Waals surface area contributed by atoms with Crippen LogP contribution in [0.4, 0.5) is 18.9 Å². The summed E-state index contributed by atoms with van der Waals surface area (Å²) in [5.74, 6) is 0.132. The van der Waals surface area contributed by atoms with Crippen LogP contribution in [0.3, 0.4) is 0 Å². The van der Waals surface area contributed by atoms with Crippen LogP contribution < -0.4 is 16.2 Å². The lowest BCUT2D eigenvalue weighted by Gasteiger charge is -2.34. The highest BCUT2D eigenvalue weighted by Gasteiger charge is 2.47. The van der Waals surface area contributed by atoms with Gasteiger partial charge in [-0.3, -0.25) is 9.59 Å². The summed E-state index contributed by atoms with van der Waals surface area (Å²) >= 11 is 6.09. The Morgan fingerprint density at radius 1 is 1.30 bits per heavy atom. The molecule has 1 saturated heterocycles. The highest BCUT2D eigenvalue weighted by Crippen LogP contribution is 2.49. The molecule has 0 bridgehead atoms. The van der Waals surface area contributed by atoms with Gasteiger partial charge in [0.25, 0.3) is 5.56 Å². The molecule has 0 saturated carbocycles. The Kier molecular flexibility index (Phi) is 6.75. The maximum Gasteiger partial charge on any atom is 0.416 e. The van der Waals surface area contributed by atoms with Gasteiger partial charge in [0.05, 0.1) is 29.5 Å². The minimum atomic E-state index is -4.56. The Balaban J connectivity index is 1.44. The highest BCUT2D eigenvalue weighted by molar-refractivity contribution is 6.33. The van der Waals surface area contributed by atoms with E-state index in [1.165, 1.54) is 4.52 Å². The molecule has 1 aliphatic carbocycles. The van der Waals surface area contributed by atoms with E-state index in [2.05, 4.69) is 15.7 Å². The summed E-state index contributed by atoms with van der Waals surface area (Å²) in [7, 11) is 0. The molecule has 2 aromatic heterocycles. The van der Waals surface area contributed by atoms with E-state index in [4.69, 9.17) is 21.3 Å². The van der Waals surface area contributed by atoms with Crippen molar-refractivity contribution in [1.82, 2.24) is 24.5 Å². The largest absolute Gasteiger partial charge is 0.416 e. The van der Waals surface area contributed by atoms with Crippen LogP contribution in [0.2, 0.25) is 5.02 Å². The number of benzene rings is 1. The van der Waals surface area contributed by atoms with Gasteiger partial charge in [0.15, 0.2) is 5.82 Å². The fourth-order valence-electron chi connectivity index (χ4n) is 6.38. The van der Waals surface area contributed by atoms with Crippen molar-refractivity contribution < 1.29 is 22.7 Å². The summed E-state index contributed by atoms with van der Waals surface area (Å²) in [5, 5.41) is 10.4. The molecule has 40 heavy (non-hydrogen) atoms. The number of alkyl halides is 3. The number of piperidine rings is 1. The Morgan fingerprint density at radius 3 is 2.75 bits per heavy atom. The zero-order valence-electron chi connectivity index (χ0n) is 21.8. The lowest BCUT2D eigenvalue weighted by Crippen LogP contribution is -2.42. The standard InChI is InChI=1S/C27H28ClF3N6O3/c1-15-13-26(6-8-32-9-7-26)21-22(15)36(14-20(38)33-19-3-2-17(12-18(19)28)27(29,30)31)25-34-23(35-37(25)24(21)39)16-4-10-40-11-5-16/h2-4,12,15,32H,5-11,13-14H2,1H3,(H,33,38)/t15-/m1/s1. The quantitative estimate of drug-likeness (QED) is 0.484. The van der Waals surface area contributed by atoms with E-state index < -0.39 is 17.6 Å². The first kappa shape index (κ1) is 27.0. The number of hydrogen-bond donors (Lipinski definition) is 2. The maximum absolute atomic E-state index is 14.0. The summed E-state index contributed by atoms with van der Waals surface area (Å²) < 4.78 is 47.7. The second-order valence-electron chi connectivity index (χ2n) is 10.7. The Labute approximate surface area is 232 Å². The van der Waals surface area contributed by atoms with Crippen LogP contribution in [-0.2, 0) is 27.7 Å². The number of fused-ring (bicyclic) bond motifs is 3. The zero-order valence-corrected chi connectivity index (χ0v) is 22.5. The van der Waals surface area contributed by atoms with Crippen LogP contribution in [0.1, 0.15) is 61.2 Å². The van der Waals surface area contributed by atoms with Crippen LogP contribution in [0.5, 0.6) is 0 Å². The fraction of sp³-hybridized carbons (Fsp3) is 0.481. The molecule has 1 fully saturated rings. The van der Waals surface area contributed by atoms with Crippen LogP contribution in [0.15, 0.2) is 29.1 Å². The third-order valence-corrected chi connectivity index (χ3v) is 8.47. The van der Waals surface area contributed by atoms with Crippen molar-refractivity contribution in [2.24, 2.45) is 0 Å². The number of halogens is 4. The molecule has 13 heteroatoms. The number of aromatic nitrogens is 4. The molecule has 0 unspecified atom stereocenters. The Hall–Kier alpha value is -3.22. The number of amides is 1. The minimum absolute atomic E-state index is 0.0179. The molecule has 1 atom stereocenters. The number of carbonyl (C=O) groups is 1. The molecule has 212 valence electrons. The summed E-state index contributed by atoms with van der Waals surface area (Å²) in [5.41, 5.74) is 0.904. The van der Waals surface area contributed by atoms with E-state index in [9.17, 15) is 22.8 Å². The summed E-state index contributed by atoms with van der Waals surface area (Å²) in [6.45, 7) is 4.34. The minimum Gasteiger partial charge on any atom is -0.377 e. The molecule has 3 aromatic rings. The van der Waals surface area contributed by atoms with E-state index in [-0.39, 0.29) is 39.9 Å². The Morgan fingerprint density at radius 2 is 2.08 bits per heavy atom. The van der Waals surface area contributed by atoms with Crippen molar-refractivity contribution in [2.75, 3.05) is 31.6 Å². The van der Waals surface area contributed by atoms with Crippen molar-refractivity contribution in [3.63, 3.8) is 0 Å². The number of ether oxygens (including phenoxy) is 1. The predicted octanol–water partition coefficient (Wildman–Crippen LogP) is 4.13. The van der Waals surface area contributed by atoms with E-state index in [0.717, 1.165) is 61.8 Å². The predicted molar refractivity (Wildman–Crippen MR) is 143 cm³/mol. The zero-order chi connectivity index (χ0) is 28.2. The van der Waals surface area contributed by atoms with Crippen molar-refractivity contribution in [3.8, 4) is 0 Å². The van der Waals surface area contributed by atoms with E-state index in [1.807, 2.05) is 13.0 Å². The van der Waals surface area contributed by atoms with Crippen molar-refractivity contribution in [1.29, 1.82) is 0 Å². The van der Waals surface area contributed by atoms with Crippen LogP contribution in [0.25, 0.3) is 11.4 Å². The lowest BCUT2D eigenvalue weighted by molar-refractivity contribution is -0.137. The van der Waals surface area contributed by atoms with Crippen LogP contribution in [-0.4, -0.2) is 51.4 Å². The first-order chi connectivity index (χ1) is 19.1. The average molecular weight is 577 g/mol. The van der Waals surface area contributed by atoms with E-state index in [0.29, 0.717) is 31.0 Å². The molecule has 6 rings (SSSR count). The van der Waals surface area contributed by atoms with E-state index >= 15 is 0 Å². The van der Waals surface area contributed by atoms with Crippen molar-refractivity contribution in [3.05, 3.63) is 62.3 Å². The number of rotatable bonds is 4. The smallest absolute Gasteiger partial charge is 0.377 e. The number of nitrogens with zero attached hydrogens (tertiary/aromatic N) is 4. The van der Waals surface area contributed by atoms with Gasteiger partial charge in [-0.2, -0.15) is 22.7 Å². The molecule has 1 spiro atoms. The topological polar surface area (TPSA) is 103 Å². The fourth-order valence-corrected chi connectivity index (χ4v) is 6.60. The second-order valence-corrected chi connectivity index (χ2v) is 11.1. The first-order valence-electron chi connectivity index (χ1n) is 13.3. The molecule has 1 aromatic carbocycles. The average Bonchev–Trinajstić information content (AvgIpc) is 3.48. The van der Waals surface area contributed by atoms with Crippen molar-refractivity contribution >= 4 is 34.5 Å². The molecule has 3 aliphatic rings. The third-order valence-electron chi connectivity index (χ3n) is 8.16. The Bertz CT molecular complexity index is 1590. The molecular weight excluding hydrogens is 549 g/mol. The first-order valence-corrected chi connectivity index (χ1v) is 13.6. The van der Waals surface area contributed by atoms with Gasteiger partial charge in [-0.05, 0) is 68.5 Å². The van der Waals surface area contributed by atoms with Gasteiger partial charge in [0.2, 0.25) is 11.7 Å². The highest BCUT2D eigenvalue weighted by atomic mass is 35.5. The van der Waals surface area contributed by atoms with Gasteiger partial charge in [-0.1, -0.05) is 24.6 Å². The molecule has 4 heterocycles. The van der Waals surface area contributed by atoms with Gasteiger partial charge in [-0.15, -0.1) is 5.10 Å². The number of nitrogens with one attached hydrogen (secondary N) is 2. The molecule has 9 nitrogen and oxygen atoms in total.